The predicted molar refractivity (Wildman–Crippen MR) is 95.4 cm³/mol. The fraction of sp³-hybridized carbons (Fsp3) is 0.632. The first kappa shape index (κ1) is 18.0. The lowest BCUT2D eigenvalue weighted by molar-refractivity contribution is 0.0517. The molecule has 2 amide bonds. The van der Waals surface area contributed by atoms with Crippen molar-refractivity contribution in [2.45, 2.75) is 31.7 Å². The molecule has 2 fully saturated rings. The minimum atomic E-state index is -0.366. The monoisotopic (exact) mass is 349 g/mol. The van der Waals surface area contributed by atoms with Gasteiger partial charge in [-0.25, -0.2) is 9.18 Å². The van der Waals surface area contributed by atoms with Crippen molar-refractivity contribution < 1.29 is 13.9 Å². The van der Waals surface area contributed by atoms with Crippen molar-refractivity contribution in [1.29, 1.82) is 0 Å². The highest BCUT2D eigenvalue weighted by Gasteiger charge is 2.35. The summed E-state index contributed by atoms with van der Waals surface area (Å²) in [6.07, 6.45) is 4.09. The number of benzene rings is 1. The van der Waals surface area contributed by atoms with Crippen LogP contribution in [0.1, 0.15) is 24.8 Å². The largest absolute Gasteiger partial charge is 0.494 e. The zero-order valence-electron chi connectivity index (χ0n) is 15.1. The predicted octanol–water partition coefficient (Wildman–Crippen LogP) is 2.50. The van der Waals surface area contributed by atoms with E-state index in [1.54, 1.807) is 6.07 Å². The summed E-state index contributed by atoms with van der Waals surface area (Å²) in [6, 6.07) is 5.54. The first-order valence-electron chi connectivity index (χ1n) is 9.14. The molecule has 1 aromatic carbocycles. The van der Waals surface area contributed by atoms with Crippen LogP contribution >= 0.6 is 0 Å². The van der Waals surface area contributed by atoms with E-state index in [9.17, 15) is 9.18 Å². The minimum Gasteiger partial charge on any atom is -0.494 e. The molecular weight excluding hydrogens is 321 g/mol. The lowest BCUT2D eigenvalue weighted by Crippen LogP contribution is -2.55. The number of urea groups is 1. The zero-order chi connectivity index (χ0) is 17.8. The molecule has 0 aliphatic carbocycles. The average molecular weight is 349 g/mol. The van der Waals surface area contributed by atoms with Gasteiger partial charge in [-0.2, -0.15) is 0 Å². The molecule has 25 heavy (non-hydrogen) atoms. The molecule has 1 N–H and O–H groups in total. The van der Waals surface area contributed by atoms with Crippen LogP contribution in [0.4, 0.5) is 9.18 Å². The molecule has 0 spiro atoms. The first-order chi connectivity index (χ1) is 12.1. The number of fused-ring (bicyclic) bond motifs is 1. The van der Waals surface area contributed by atoms with Crippen LogP contribution in [0.15, 0.2) is 18.2 Å². The van der Waals surface area contributed by atoms with Gasteiger partial charge in [0.1, 0.15) is 0 Å². The Bertz CT molecular complexity index is 610. The van der Waals surface area contributed by atoms with E-state index in [1.807, 2.05) is 11.0 Å². The minimum absolute atomic E-state index is 0.000611. The fourth-order valence-corrected chi connectivity index (χ4v) is 4.13. The quantitative estimate of drug-likeness (QED) is 0.908. The maximum absolute atomic E-state index is 13.7. The highest BCUT2D eigenvalue weighted by Crippen LogP contribution is 2.29. The van der Waals surface area contributed by atoms with Gasteiger partial charge in [0.25, 0.3) is 0 Å². The van der Waals surface area contributed by atoms with Gasteiger partial charge in [-0.15, -0.1) is 0 Å². The molecule has 2 aliphatic rings. The molecule has 2 heterocycles. The number of methoxy groups -OCH3 is 1. The second-order valence-corrected chi connectivity index (χ2v) is 7.14. The molecule has 138 valence electrons. The van der Waals surface area contributed by atoms with Crippen molar-refractivity contribution in [3.05, 3.63) is 29.6 Å². The number of hydrogen-bond acceptors (Lipinski definition) is 3. The van der Waals surface area contributed by atoms with Crippen LogP contribution in [0.2, 0.25) is 0 Å². The third-order valence-corrected chi connectivity index (χ3v) is 5.54. The highest BCUT2D eigenvalue weighted by atomic mass is 19.1. The SMILES string of the molecule is COc1ccc(CCNC(=O)N2CCC3C(CCCN3C)C2)cc1F. The number of amides is 2. The first-order valence-corrected chi connectivity index (χ1v) is 9.14. The van der Waals surface area contributed by atoms with Crippen molar-refractivity contribution in [1.82, 2.24) is 15.1 Å². The molecule has 2 aliphatic heterocycles. The average Bonchev–Trinajstić information content (AvgIpc) is 2.61. The smallest absolute Gasteiger partial charge is 0.317 e. The Labute approximate surface area is 149 Å². The van der Waals surface area contributed by atoms with E-state index in [0.717, 1.165) is 25.1 Å². The number of halogens is 1. The van der Waals surface area contributed by atoms with Crippen LogP contribution < -0.4 is 10.1 Å². The van der Waals surface area contributed by atoms with E-state index in [-0.39, 0.29) is 17.6 Å². The number of nitrogens with one attached hydrogen (secondary N) is 1. The molecule has 6 heteroatoms. The summed E-state index contributed by atoms with van der Waals surface area (Å²) in [5, 5.41) is 2.98. The van der Waals surface area contributed by atoms with E-state index < -0.39 is 0 Å². The van der Waals surface area contributed by atoms with Gasteiger partial charge < -0.3 is 19.9 Å². The van der Waals surface area contributed by atoms with Crippen molar-refractivity contribution in [2.24, 2.45) is 5.92 Å². The summed E-state index contributed by atoms with van der Waals surface area (Å²) >= 11 is 0. The standard InChI is InChI=1S/C19H28FN3O2/c1-22-10-3-4-15-13-23(11-8-17(15)22)19(24)21-9-7-14-5-6-18(25-2)16(20)12-14/h5-6,12,15,17H,3-4,7-11,13H2,1-2H3,(H,21,24). The Kier molecular flexibility index (Phi) is 5.78. The van der Waals surface area contributed by atoms with Crippen LogP contribution in [0.3, 0.4) is 0 Å². The Morgan fingerprint density at radius 3 is 2.96 bits per heavy atom. The number of hydrogen-bond donors (Lipinski definition) is 1. The lowest BCUT2D eigenvalue weighted by atomic mass is 9.84. The van der Waals surface area contributed by atoms with Crippen LogP contribution in [0, 0.1) is 11.7 Å². The summed E-state index contributed by atoms with van der Waals surface area (Å²) in [6.45, 7) is 3.34. The van der Waals surface area contributed by atoms with Gasteiger partial charge in [0.15, 0.2) is 11.6 Å². The molecule has 5 nitrogen and oxygen atoms in total. The second kappa shape index (κ2) is 8.04. The van der Waals surface area contributed by atoms with E-state index in [2.05, 4.69) is 17.3 Å². The van der Waals surface area contributed by atoms with Gasteiger partial charge in [0, 0.05) is 25.7 Å². The van der Waals surface area contributed by atoms with E-state index in [1.165, 1.54) is 32.6 Å². The normalized spacial score (nSPS) is 23.9. The van der Waals surface area contributed by atoms with Gasteiger partial charge in [-0.05, 0) is 62.9 Å². The summed E-state index contributed by atoms with van der Waals surface area (Å²) in [7, 11) is 3.64. The molecule has 0 aromatic heterocycles. The number of ether oxygens (including phenoxy) is 1. The number of piperidine rings is 2. The van der Waals surface area contributed by atoms with Gasteiger partial charge in [-0.3, -0.25) is 0 Å². The topological polar surface area (TPSA) is 44.8 Å². The third-order valence-electron chi connectivity index (χ3n) is 5.54. The fourth-order valence-electron chi connectivity index (χ4n) is 4.13. The van der Waals surface area contributed by atoms with Crippen molar-refractivity contribution in [2.75, 3.05) is 40.3 Å². The summed E-state index contributed by atoms with van der Waals surface area (Å²) in [4.78, 5) is 16.8. The molecule has 1 aromatic rings. The molecule has 2 saturated heterocycles. The third kappa shape index (κ3) is 4.24. The summed E-state index contributed by atoms with van der Waals surface area (Å²) < 4.78 is 18.6. The number of carbonyl (C=O) groups is 1. The maximum atomic E-state index is 13.7. The Balaban J connectivity index is 1.46. The Morgan fingerprint density at radius 2 is 2.20 bits per heavy atom. The highest BCUT2D eigenvalue weighted by molar-refractivity contribution is 5.74. The molecule has 2 atom stereocenters. The van der Waals surface area contributed by atoms with Crippen LogP contribution in [-0.4, -0.2) is 62.2 Å². The number of rotatable bonds is 4. The molecule has 3 rings (SSSR count). The molecule has 0 radical (unpaired) electrons. The maximum Gasteiger partial charge on any atom is 0.317 e. The van der Waals surface area contributed by atoms with Gasteiger partial charge in [0.2, 0.25) is 0 Å². The molecule has 0 saturated carbocycles. The Hall–Kier alpha value is -1.82. The second-order valence-electron chi connectivity index (χ2n) is 7.14. The summed E-state index contributed by atoms with van der Waals surface area (Å²) in [5.74, 6) is 0.469. The van der Waals surface area contributed by atoms with Gasteiger partial charge in [-0.1, -0.05) is 6.07 Å². The molecule has 2 unspecified atom stereocenters. The Morgan fingerprint density at radius 1 is 1.36 bits per heavy atom. The lowest BCUT2D eigenvalue weighted by Gasteiger charge is -2.45. The van der Waals surface area contributed by atoms with Crippen LogP contribution in [-0.2, 0) is 6.42 Å². The van der Waals surface area contributed by atoms with Crippen molar-refractivity contribution in [3.63, 3.8) is 0 Å². The molecular formula is C19H28FN3O2. The molecule has 0 bridgehead atoms. The van der Waals surface area contributed by atoms with Gasteiger partial charge in [0.05, 0.1) is 7.11 Å². The number of likely N-dealkylation sites (tertiary alicyclic amines) is 2. The van der Waals surface area contributed by atoms with E-state index >= 15 is 0 Å². The summed E-state index contributed by atoms with van der Waals surface area (Å²) in [5.41, 5.74) is 0.853. The van der Waals surface area contributed by atoms with E-state index in [4.69, 9.17) is 4.74 Å². The van der Waals surface area contributed by atoms with Crippen molar-refractivity contribution in [3.8, 4) is 5.75 Å². The number of nitrogens with zero attached hydrogens (tertiary/aromatic N) is 2. The van der Waals surface area contributed by atoms with Crippen molar-refractivity contribution >= 4 is 6.03 Å². The number of carbonyl (C=O) groups excluding carboxylic acids is 1. The van der Waals surface area contributed by atoms with E-state index in [0.29, 0.717) is 24.9 Å². The van der Waals surface area contributed by atoms with Gasteiger partial charge >= 0.3 is 6.03 Å². The van der Waals surface area contributed by atoms with Crippen LogP contribution in [0.5, 0.6) is 5.75 Å². The van der Waals surface area contributed by atoms with Crippen LogP contribution in [0.25, 0.3) is 0 Å². The zero-order valence-corrected chi connectivity index (χ0v) is 15.1.